The number of hydrogen-bond donors (Lipinski definition) is 1. The largest absolute Gasteiger partial charge is 0.361 e. The van der Waals surface area contributed by atoms with E-state index in [1.165, 1.54) is 9.75 Å². The van der Waals surface area contributed by atoms with Crippen molar-refractivity contribution in [3.8, 4) is 0 Å². The molecule has 3 aromatic heterocycles. The fourth-order valence-corrected chi connectivity index (χ4v) is 3.01. The maximum Gasteiger partial charge on any atom is 0.231 e. The van der Waals surface area contributed by atoms with E-state index in [1.54, 1.807) is 41.3 Å². The molecule has 1 N–H and O–H groups in total. The van der Waals surface area contributed by atoms with Crippen LogP contribution in [0.4, 0.5) is 5.82 Å². The van der Waals surface area contributed by atoms with Gasteiger partial charge in [-0.2, -0.15) is 5.10 Å². The van der Waals surface area contributed by atoms with Crippen LogP contribution in [0.2, 0.25) is 0 Å². The molecule has 0 aliphatic heterocycles. The average molecular weight is 316 g/mol. The van der Waals surface area contributed by atoms with Crippen molar-refractivity contribution in [1.82, 2.24) is 14.9 Å². The van der Waals surface area contributed by atoms with Crippen molar-refractivity contribution in [2.75, 3.05) is 5.32 Å². The normalized spacial score (nSPS) is 10.8. The number of hydrogen-bond acceptors (Lipinski definition) is 5. The van der Waals surface area contributed by atoms with Crippen molar-refractivity contribution in [2.24, 2.45) is 0 Å². The van der Waals surface area contributed by atoms with E-state index in [0.29, 0.717) is 23.8 Å². The van der Waals surface area contributed by atoms with Crippen molar-refractivity contribution in [2.45, 2.75) is 26.8 Å². The van der Waals surface area contributed by atoms with Gasteiger partial charge in [-0.1, -0.05) is 5.16 Å². The van der Waals surface area contributed by atoms with Crippen LogP contribution in [0.5, 0.6) is 0 Å². The number of carbonyl (C=O) groups excluding carboxylic acids is 1. The van der Waals surface area contributed by atoms with Gasteiger partial charge in [0.15, 0.2) is 0 Å². The van der Waals surface area contributed by atoms with E-state index in [2.05, 4.69) is 34.6 Å². The molecule has 6 nitrogen and oxygen atoms in total. The Bertz CT molecular complexity index is 787. The molecule has 0 bridgehead atoms. The Balaban J connectivity index is 1.65. The molecule has 0 radical (unpaired) electrons. The Morgan fingerprint density at radius 3 is 2.91 bits per heavy atom. The van der Waals surface area contributed by atoms with Crippen LogP contribution in [-0.2, 0) is 17.8 Å². The molecule has 22 heavy (non-hydrogen) atoms. The third-order valence-corrected chi connectivity index (χ3v) is 4.09. The maximum absolute atomic E-state index is 12.1. The summed E-state index contributed by atoms with van der Waals surface area (Å²) < 4.78 is 6.73. The van der Waals surface area contributed by atoms with Crippen molar-refractivity contribution in [3.63, 3.8) is 0 Å². The molecule has 0 saturated carbocycles. The van der Waals surface area contributed by atoms with Crippen molar-refractivity contribution >= 4 is 23.1 Å². The lowest BCUT2D eigenvalue weighted by Crippen LogP contribution is -2.18. The second kappa shape index (κ2) is 6.15. The zero-order valence-electron chi connectivity index (χ0n) is 12.4. The number of rotatable bonds is 5. The third-order valence-electron chi connectivity index (χ3n) is 3.10. The summed E-state index contributed by atoms with van der Waals surface area (Å²) in [6.45, 7) is 4.51. The van der Waals surface area contributed by atoms with Gasteiger partial charge in [0.1, 0.15) is 11.6 Å². The number of carbonyl (C=O) groups is 1. The summed E-state index contributed by atoms with van der Waals surface area (Å²) in [5.41, 5.74) is 0.620. The van der Waals surface area contributed by atoms with Crippen LogP contribution in [0.3, 0.4) is 0 Å². The molecule has 0 spiro atoms. The van der Waals surface area contributed by atoms with Crippen molar-refractivity contribution in [1.29, 1.82) is 0 Å². The van der Waals surface area contributed by atoms with Gasteiger partial charge in [-0.05, 0) is 26.0 Å². The molecule has 3 aromatic rings. The quantitative estimate of drug-likeness (QED) is 0.785. The number of anilines is 1. The summed E-state index contributed by atoms with van der Waals surface area (Å²) in [5, 5.41) is 10.9. The van der Waals surface area contributed by atoms with Gasteiger partial charge >= 0.3 is 0 Å². The van der Waals surface area contributed by atoms with Crippen LogP contribution in [0.25, 0.3) is 0 Å². The van der Waals surface area contributed by atoms with E-state index in [4.69, 9.17) is 4.52 Å². The summed E-state index contributed by atoms with van der Waals surface area (Å²) in [5.74, 6) is 1.23. The third kappa shape index (κ3) is 3.43. The maximum atomic E-state index is 12.1. The lowest BCUT2D eigenvalue weighted by atomic mass is 10.3. The van der Waals surface area contributed by atoms with Crippen LogP contribution in [0.15, 0.2) is 35.0 Å². The molecular formula is C15H16N4O2S. The molecular weight excluding hydrogens is 300 g/mol. The molecule has 3 rings (SSSR count). The minimum absolute atomic E-state index is 0.141. The molecule has 1 amide bonds. The molecule has 0 aromatic carbocycles. The summed E-state index contributed by atoms with van der Waals surface area (Å²) >= 11 is 1.72. The Kier molecular flexibility index (Phi) is 4.06. The van der Waals surface area contributed by atoms with E-state index in [-0.39, 0.29) is 12.3 Å². The molecule has 114 valence electrons. The lowest BCUT2D eigenvalue weighted by Gasteiger charge is -2.07. The van der Waals surface area contributed by atoms with Crippen LogP contribution >= 0.6 is 11.3 Å². The Morgan fingerprint density at radius 1 is 1.36 bits per heavy atom. The standard InChI is InChI=1S/C15H16N4O2S/c1-10-7-12(18-21-10)8-15(20)17-14-5-6-16-19(14)9-13-4-3-11(2)22-13/h3-7H,8-9H2,1-2H3,(H,17,20). The topological polar surface area (TPSA) is 73.0 Å². The molecule has 3 heterocycles. The van der Waals surface area contributed by atoms with Crippen molar-refractivity contribution < 1.29 is 9.32 Å². The average Bonchev–Trinajstić information content (AvgIpc) is 3.15. The molecule has 7 heteroatoms. The zero-order chi connectivity index (χ0) is 15.5. The SMILES string of the molecule is Cc1cc(CC(=O)Nc2ccnn2Cc2ccc(C)s2)no1. The second-order valence-corrected chi connectivity index (χ2v) is 6.41. The van der Waals surface area contributed by atoms with Crippen molar-refractivity contribution in [3.05, 3.63) is 51.7 Å². The first kappa shape index (κ1) is 14.5. The fourth-order valence-electron chi connectivity index (χ4n) is 2.14. The summed E-state index contributed by atoms with van der Waals surface area (Å²) in [7, 11) is 0. The Labute approximate surface area is 131 Å². The van der Waals surface area contributed by atoms with Crippen LogP contribution in [0, 0.1) is 13.8 Å². The lowest BCUT2D eigenvalue weighted by molar-refractivity contribution is -0.115. The minimum atomic E-state index is -0.141. The van der Waals surface area contributed by atoms with Gasteiger partial charge in [0.2, 0.25) is 5.91 Å². The van der Waals surface area contributed by atoms with E-state index in [1.807, 2.05) is 0 Å². The van der Waals surface area contributed by atoms with Gasteiger partial charge in [0.25, 0.3) is 0 Å². The molecule has 0 saturated heterocycles. The van der Waals surface area contributed by atoms with Gasteiger partial charge in [0.05, 0.1) is 24.9 Å². The highest BCUT2D eigenvalue weighted by molar-refractivity contribution is 7.11. The predicted molar refractivity (Wildman–Crippen MR) is 84.0 cm³/mol. The number of aryl methyl sites for hydroxylation is 2. The first-order chi connectivity index (χ1) is 10.6. The first-order valence-electron chi connectivity index (χ1n) is 6.89. The monoisotopic (exact) mass is 316 g/mol. The molecule has 0 atom stereocenters. The number of nitrogens with zero attached hydrogens (tertiary/aromatic N) is 3. The number of amides is 1. The summed E-state index contributed by atoms with van der Waals surface area (Å²) in [6, 6.07) is 7.69. The van der Waals surface area contributed by atoms with Gasteiger partial charge in [-0.3, -0.25) is 4.79 Å². The van der Waals surface area contributed by atoms with Gasteiger partial charge in [0, 0.05) is 21.9 Å². The van der Waals surface area contributed by atoms with E-state index >= 15 is 0 Å². The van der Waals surface area contributed by atoms with Gasteiger partial charge in [-0.15, -0.1) is 11.3 Å². The minimum Gasteiger partial charge on any atom is -0.361 e. The van der Waals surface area contributed by atoms with Gasteiger partial charge < -0.3 is 9.84 Å². The highest BCUT2D eigenvalue weighted by Gasteiger charge is 2.11. The Hall–Kier alpha value is -2.41. The second-order valence-electron chi connectivity index (χ2n) is 5.04. The highest BCUT2D eigenvalue weighted by atomic mass is 32.1. The van der Waals surface area contributed by atoms with E-state index < -0.39 is 0 Å². The molecule has 0 fully saturated rings. The smallest absolute Gasteiger partial charge is 0.231 e. The summed E-state index contributed by atoms with van der Waals surface area (Å²) in [4.78, 5) is 14.5. The van der Waals surface area contributed by atoms with Gasteiger partial charge in [-0.25, -0.2) is 4.68 Å². The van der Waals surface area contributed by atoms with Crippen LogP contribution in [0.1, 0.15) is 21.2 Å². The van der Waals surface area contributed by atoms with E-state index in [0.717, 1.165) is 0 Å². The van der Waals surface area contributed by atoms with Crippen LogP contribution in [-0.4, -0.2) is 20.8 Å². The predicted octanol–water partition coefficient (Wildman–Crippen LogP) is 2.78. The molecule has 0 aliphatic carbocycles. The van der Waals surface area contributed by atoms with Crippen LogP contribution < -0.4 is 5.32 Å². The van der Waals surface area contributed by atoms with E-state index in [9.17, 15) is 4.79 Å². The Morgan fingerprint density at radius 2 is 2.23 bits per heavy atom. The number of nitrogens with one attached hydrogen (secondary N) is 1. The summed E-state index contributed by atoms with van der Waals surface area (Å²) in [6.07, 6.45) is 1.86. The number of thiophene rings is 1. The molecule has 0 unspecified atom stereocenters. The first-order valence-corrected chi connectivity index (χ1v) is 7.71. The highest BCUT2D eigenvalue weighted by Crippen LogP contribution is 2.18. The fraction of sp³-hybridized carbons (Fsp3) is 0.267. The molecule has 0 aliphatic rings. The number of aromatic nitrogens is 3. The zero-order valence-corrected chi connectivity index (χ0v) is 13.2.